The molecule has 0 spiro atoms. The first kappa shape index (κ1) is 12.6. The van der Waals surface area contributed by atoms with Crippen LogP contribution >= 0.6 is 34.3 Å². The first-order valence-electron chi connectivity index (χ1n) is 5.26. The second kappa shape index (κ2) is 5.67. The molecular formula is C12H12ClNOS2. The van der Waals surface area contributed by atoms with Crippen LogP contribution in [0.25, 0.3) is 0 Å². The first-order chi connectivity index (χ1) is 8.20. The molecule has 0 radical (unpaired) electrons. The van der Waals surface area contributed by atoms with Gasteiger partial charge in [0.05, 0.1) is 16.4 Å². The maximum Gasteiger partial charge on any atom is 0.255 e. The summed E-state index contributed by atoms with van der Waals surface area (Å²) in [5.74, 6) is 0.0817. The Kier molecular flexibility index (Phi) is 4.20. The molecule has 0 aliphatic heterocycles. The molecule has 17 heavy (non-hydrogen) atoms. The monoisotopic (exact) mass is 285 g/mol. The van der Waals surface area contributed by atoms with Gasteiger partial charge in [0, 0.05) is 16.8 Å². The van der Waals surface area contributed by atoms with Gasteiger partial charge in [-0.2, -0.15) is 11.3 Å². The van der Waals surface area contributed by atoms with Crippen LogP contribution in [0.1, 0.15) is 22.2 Å². The molecule has 2 heterocycles. The summed E-state index contributed by atoms with van der Waals surface area (Å²) in [7, 11) is 0. The molecule has 0 bridgehead atoms. The van der Waals surface area contributed by atoms with E-state index in [-0.39, 0.29) is 5.91 Å². The van der Waals surface area contributed by atoms with Gasteiger partial charge in [-0.1, -0.05) is 11.6 Å². The van der Waals surface area contributed by atoms with Gasteiger partial charge in [-0.15, -0.1) is 11.3 Å². The van der Waals surface area contributed by atoms with Gasteiger partial charge in [-0.05, 0) is 30.5 Å². The van der Waals surface area contributed by atoms with Crippen LogP contribution in [0.3, 0.4) is 0 Å². The topological polar surface area (TPSA) is 20.3 Å². The van der Waals surface area contributed by atoms with Gasteiger partial charge in [-0.25, -0.2) is 0 Å². The summed E-state index contributed by atoms with van der Waals surface area (Å²) in [6.45, 7) is 3.31. The minimum Gasteiger partial charge on any atom is -0.334 e. The molecule has 0 atom stereocenters. The predicted octanol–water partition coefficient (Wildman–Crippen LogP) is 4.13. The second-order valence-corrected chi connectivity index (χ2v) is 6.12. The van der Waals surface area contributed by atoms with Crippen LogP contribution in [-0.4, -0.2) is 17.4 Å². The largest absolute Gasteiger partial charge is 0.334 e. The zero-order chi connectivity index (χ0) is 12.3. The standard InChI is InChI=1S/C12H12ClNOS2/c1-2-14(7-10-3-4-11(13)17-10)12(15)9-5-6-16-8-9/h3-6,8H,2,7H2,1H3. The van der Waals surface area contributed by atoms with Crippen molar-refractivity contribution in [1.82, 2.24) is 4.90 Å². The number of carbonyl (C=O) groups is 1. The summed E-state index contributed by atoms with van der Waals surface area (Å²) >= 11 is 8.94. The summed E-state index contributed by atoms with van der Waals surface area (Å²) in [5.41, 5.74) is 0.763. The van der Waals surface area contributed by atoms with Crippen LogP contribution < -0.4 is 0 Å². The number of thiophene rings is 2. The maximum absolute atomic E-state index is 12.2. The number of carbonyl (C=O) groups excluding carboxylic acids is 1. The zero-order valence-corrected chi connectivity index (χ0v) is 11.7. The molecule has 0 unspecified atom stereocenters. The molecule has 1 amide bonds. The normalized spacial score (nSPS) is 10.5. The van der Waals surface area contributed by atoms with Gasteiger partial charge in [-0.3, -0.25) is 4.79 Å². The third kappa shape index (κ3) is 3.09. The molecule has 2 nitrogen and oxygen atoms in total. The van der Waals surface area contributed by atoms with Crippen molar-refractivity contribution in [3.8, 4) is 0 Å². The quantitative estimate of drug-likeness (QED) is 0.827. The Morgan fingerprint density at radius 1 is 1.41 bits per heavy atom. The molecule has 0 aliphatic carbocycles. The molecule has 0 saturated carbocycles. The lowest BCUT2D eigenvalue weighted by Gasteiger charge is -2.19. The number of hydrogen-bond acceptors (Lipinski definition) is 3. The maximum atomic E-state index is 12.2. The Bertz CT molecular complexity index is 492. The molecule has 0 fully saturated rings. The van der Waals surface area contributed by atoms with Gasteiger partial charge in [0.1, 0.15) is 0 Å². The lowest BCUT2D eigenvalue weighted by molar-refractivity contribution is 0.0755. The Hall–Kier alpha value is -0.840. The predicted molar refractivity (Wildman–Crippen MR) is 74.1 cm³/mol. The van der Waals surface area contributed by atoms with Crippen molar-refractivity contribution in [2.24, 2.45) is 0 Å². The number of nitrogens with zero attached hydrogens (tertiary/aromatic N) is 1. The zero-order valence-electron chi connectivity index (χ0n) is 9.35. The summed E-state index contributed by atoms with van der Waals surface area (Å²) in [5, 5.41) is 3.80. The number of halogens is 1. The molecule has 90 valence electrons. The fourth-order valence-electron chi connectivity index (χ4n) is 1.52. The van der Waals surface area contributed by atoms with Gasteiger partial charge in [0.25, 0.3) is 5.91 Å². The highest BCUT2D eigenvalue weighted by Crippen LogP contribution is 2.23. The Labute approximate surface area is 113 Å². The van der Waals surface area contributed by atoms with E-state index in [2.05, 4.69) is 0 Å². The lowest BCUT2D eigenvalue weighted by atomic mass is 10.3. The fraction of sp³-hybridized carbons (Fsp3) is 0.250. The van der Waals surface area contributed by atoms with Crippen LogP contribution in [0.4, 0.5) is 0 Å². The summed E-state index contributed by atoms with van der Waals surface area (Å²) in [6, 6.07) is 5.69. The molecule has 0 aromatic carbocycles. The van der Waals surface area contributed by atoms with Crippen LogP contribution in [0, 0.1) is 0 Å². The van der Waals surface area contributed by atoms with Gasteiger partial charge >= 0.3 is 0 Å². The third-order valence-corrected chi connectivity index (χ3v) is 4.31. The molecule has 0 saturated heterocycles. The van der Waals surface area contributed by atoms with Gasteiger partial charge < -0.3 is 4.90 Å². The van der Waals surface area contributed by atoms with E-state index >= 15 is 0 Å². The fourth-order valence-corrected chi connectivity index (χ4v) is 3.25. The van der Waals surface area contributed by atoms with Gasteiger partial charge in [0.15, 0.2) is 0 Å². The number of amides is 1. The average Bonchev–Trinajstić information content (AvgIpc) is 2.96. The average molecular weight is 286 g/mol. The Morgan fingerprint density at radius 3 is 2.76 bits per heavy atom. The third-order valence-electron chi connectivity index (χ3n) is 2.41. The van der Waals surface area contributed by atoms with Crippen molar-refractivity contribution in [1.29, 1.82) is 0 Å². The van der Waals surface area contributed by atoms with E-state index in [9.17, 15) is 4.79 Å². The highest BCUT2D eigenvalue weighted by molar-refractivity contribution is 7.16. The van der Waals surface area contributed by atoms with Crippen LogP contribution in [-0.2, 0) is 6.54 Å². The van der Waals surface area contributed by atoms with Gasteiger partial charge in [0.2, 0.25) is 0 Å². The number of hydrogen-bond donors (Lipinski definition) is 0. The minimum absolute atomic E-state index is 0.0817. The first-order valence-corrected chi connectivity index (χ1v) is 7.40. The van der Waals surface area contributed by atoms with Crippen molar-refractivity contribution in [2.75, 3.05) is 6.54 Å². The Balaban J connectivity index is 2.09. The Morgan fingerprint density at radius 2 is 2.24 bits per heavy atom. The van der Waals surface area contributed by atoms with Crippen LogP contribution in [0.5, 0.6) is 0 Å². The van der Waals surface area contributed by atoms with Crippen LogP contribution in [0.15, 0.2) is 29.0 Å². The molecule has 0 aliphatic rings. The highest BCUT2D eigenvalue weighted by Gasteiger charge is 2.15. The van der Waals surface area contributed by atoms with Crippen molar-refractivity contribution in [3.05, 3.63) is 43.7 Å². The minimum atomic E-state index is 0.0817. The smallest absolute Gasteiger partial charge is 0.255 e. The van der Waals surface area contributed by atoms with E-state index < -0.39 is 0 Å². The number of rotatable bonds is 4. The molecule has 2 rings (SSSR count). The van der Waals surface area contributed by atoms with Crippen LogP contribution in [0.2, 0.25) is 4.34 Å². The molecule has 0 N–H and O–H groups in total. The summed E-state index contributed by atoms with van der Waals surface area (Å²) in [4.78, 5) is 15.1. The van der Waals surface area contributed by atoms with E-state index in [0.717, 1.165) is 14.8 Å². The second-order valence-electron chi connectivity index (χ2n) is 3.54. The van der Waals surface area contributed by atoms with Crippen molar-refractivity contribution in [3.63, 3.8) is 0 Å². The summed E-state index contributed by atoms with van der Waals surface area (Å²) in [6.07, 6.45) is 0. The molecule has 5 heteroatoms. The molecule has 2 aromatic rings. The SMILES string of the molecule is CCN(Cc1ccc(Cl)s1)C(=O)c1ccsc1. The van der Waals surface area contributed by atoms with E-state index in [1.165, 1.54) is 11.3 Å². The van der Waals surface area contributed by atoms with E-state index in [1.54, 1.807) is 11.3 Å². The summed E-state index contributed by atoms with van der Waals surface area (Å²) < 4.78 is 0.763. The van der Waals surface area contributed by atoms with Crippen molar-refractivity contribution in [2.45, 2.75) is 13.5 Å². The molecule has 2 aromatic heterocycles. The lowest BCUT2D eigenvalue weighted by Crippen LogP contribution is -2.29. The van der Waals surface area contributed by atoms with E-state index in [1.807, 2.05) is 40.8 Å². The van der Waals surface area contributed by atoms with E-state index in [0.29, 0.717) is 13.1 Å². The van der Waals surface area contributed by atoms with Crippen molar-refractivity contribution < 1.29 is 4.79 Å². The highest BCUT2D eigenvalue weighted by atomic mass is 35.5. The molecular weight excluding hydrogens is 274 g/mol. The van der Waals surface area contributed by atoms with Crippen molar-refractivity contribution >= 4 is 40.2 Å². The van der Waals surface area contributed by atoms with E-state index in [4.69, 9.17) is 11.6 Å².